The molecule has 0 spiro atoms. The van der Waals surface area contributed by atoms with E-state index < -0.39 is 17.4 Å². The molecule has 1 aromatic heterocycles. The molecule has 1 saturated carbocycles. The molecule has 2 N–H and O–H groups in total. The predicted molar refractivity (Wildman–Crippen MR) is 104 cm³/mol. The van der Waals surface area contributed by atoms with E-state index >= 15 is 4.39 Å². The summed E-state index contributed by atoms with van der Waals surface area (Å²) in [6.07, 6.45) is 3.40. The van der Waals surface area contributed by atoms with Gasteiger partial charge in [-0.3, -0.25) is 4.79 Å². The molecule has 2 fully saturated rings. The van der Waals surface area contributed by atoms with Gasteiger partial charge < -0.3 is 29.4 Å². The van der Waals surface area contributed by atoms with Gasteiger partial charge in [0.05, 0.1) is 11.6 Å². The molecule has 1 atom stereocenters. The number of nitrogens with one attached hydrogen (secondary N) is 1. The van der Waals surface area contributed by atoms with Crippen LogP contribution in [-0.4, -0.2) is 41.5 Å². The summed E-state index contributed by atoms with van der Waals surface area (Å²) in [5, 5.41) is 12.3. The molecule has 0 bridgehead atoms. The van der Waals surface area contributed by atoms with Crippen LogP contribution in [0.5, 0.6) is 11.5 Å². The number of benzene rings is 1. The van der Waals surface area contributed by atoms with Crippen LogP contribution in [0.15, 0.2) is 22.8 Å². The summed E-state index contributed by atoms with van der Waals surface area (Å²) in [6.45, 7) is 3.95. The van der Waals surface area contributed by atoms with E-state index in [9.17, 15) is 9.59 Å². The van der Waals surface area contributed by atoms with Gasteiger partial charge in [0, 0.05) is 37.8 Å². The summed E-state index contributed by atoms with van der Waals surface area (Å²) in [5.41, 5.74) is 0.0581. The number of pyridine rings is 1. The van der Waals surface area contributed by atoms with Crippen molar-refractivity contribution in [3.8, 4) is 11.5 Å². The first-order valence-electron chi connectivity index (χ1n) is 9.62. The molecule has 2 aromatic rings. The van der Waals surface area contributed by atoms with Gasteiger partial charge in [-0.25, -0.2) is 9.18 Å². The molecule has 0 amide bonds. The molecule has 2 aliphatic heterocycles. The predicted octanol–water partition coefficient (Wildman–Crippen LogP) is 2.60. The smallest absolute Gasteiger partial charge is 0.455 e. The van der Waals surface area contributed by atoms with Gasteiger partial charge in [-0.1, -0.05) is 0 Å². The van der Waals surface area contributed by atoms with E-state index in [1.807, 2.05) is 11.8 Å². The average Bonchev–Trinajstić information content (AvgIpc) is 3.50. The van der Waals surface area contributed by atoms with Gasteiger partial charge in [-0.15, -0.1) is 0 Å². The van der Waals surface area contributed by atoms with Gasteiger partial charge in [0.25, 0.3) is 0 Å². The fourth-order valence-electron chi connectivity index (χ4n) is 4.05. The molecule has 0 radical (unpaired) electrons. The van der Waals surface area contributed by atoms with Crippen LogP contribution >= 0.6 is 0 Å². The third kappa shape index (κ3) is 3.02. The Morgan fingerprint density at radius 2 is 2.21 bits per heavy atom. The molecule has 1 aliphatic carbocycles. The molecular formula is C20H20FN3O5. The van der Waals surface area contributed by atoms with Crippen LogP contribution in [0.1, 0.15) is 19.8 Å². The lowest BCUT2D eigenvalue weighted by Gasteiger charge is -2.35. The number of ether oxygens (including phenoxy) is 2. The number of carbonyl (C=O) groups is 1. The number of halogens is 1. The van der Waals surface area contributed by atoms with E-state index in [0.717, 1.165) is 18.9 Å². The molecule has 8 nitrogen and oxygen atoms in total. The number of anilines is 1. The lowest BCUT2D eigenvalue weighted by molar-refractivity contribution is 0.144. The zero-order valence-corrected chi connectivity index (χ0v) is 15.8. The van der Waals surface area contributed by atoms with Gasteiger partial charge in [0.15, 0.2) is 17.3 Å². The van der Waals surface area contributed by atoms with E-state index in [1.165, 1.54) is 6.20 Å². The summed E-state index contributed by atoms with van der Waals surface area (Å²) in [4.78, 5) is 25.7. The van der Waals surface area contributed by atoms with Crippen LogP contribution in [0, 0.1) is 11.7 Å². The third-order valence-corrected chi connectivity index (χ3v) is 5.51. The highest BCUT2D eigenvalue weighted by Crippen LogP contribution is 2.46. The van der Waals surface area contributed by atoms with Gasteiger partial charge in [0.2, 0.25) is 5.43 Å². The number of hydrogen-bond donors (Lipinski definition) is 2. The molecule has 5 rings (SSSR count). The minimum absolute atomic E-state index is 0.0225. The maximum absolute atomic E-state index is 15.3. The number of allylic oxidation sites excluding steroid dienone is 1. The Balaban J connectivity index is 1.76. The Kier molecular flexibility index (Phi) is 4.02. The zero-order chi connectivity index (χ0) is 20.3. The fraction of sp³-hybridized carbons (Fsp3) is 0.400. The van der Waals surface area contributed by atoms with Crippen molar-refractivity contribution in [2.24, 2.45) is 5.92 Å². The zero-order valence-electron chi connectivity index (χ0n) is 15.8. The van der Waals surface area contributed by atoms with Crippen LogP contribution in [0.2, 0.25) is 0 Å². The fourth-order valence-corrected chi connectivity index (χ4v) is 4.05. The van der Waals surface area contributed by atoms with Crippen LogP contribution in [0.4, 0.5) is 14.9 Å². The second-order valence-electron chi connectivity index (χ2n) is 7.74. The SMILES string of the molecule is CC1CN(c2c(F)cc3c(=O)c(OC(=O)O)cn4c3c2OC(C2CC2)=C4)CCN1. The standard InChI is InChI=1S/C20H20FN3O5/c1-10-7-23(5-4-22-10)17-13(21)6-12-16-19(17)28-14(11-2-3-11)8-24(16)9-15(18(12)25)29-20(26)27/h6,8-11,22H,2-5,7H2,1H3,(H,26,27). The Labute approximate surface area is 165 Å². The minimum Gasteiger partial charge on any atom is -0.455 e. The second kappa shape index (κ2) is 6.48. The van der Waals surface area contributed by atoms with E-state index in [1.54, 1.807) is 10.8 Å². The van der Waals surface area contributed by atoms with Crippen molar-refractivity contribution in [3.63, 3.8) is 0 Å². The van der Waals surface area contributed by atoms with Crippen molar-refractivity contribution in [2.45, 2.75) is 25.8 Å². The van der Waals surface area contributed by atoms with Gasteiger partial charge in [-0.2, -0.15) is 0 Å². The third-order valence-electron chi connectivity index (χ3n) is 5.51. The van der Waals surface area contributed by atoms with Crippen LogP contribution in [0.3, 0.4) is 0 Å². The quantitative estimate of drug-likeness (QED) is 0.764. The summed E-state index contributed by atoms with van der Waals surface area (Å²) in [7, 11) is 0. The molecule has 29 heavy (non-hydrogen) atoms. The van der Waals surface area contributed by atoms with Crippen LogP contribution in [0.25, 0.3) is 17.1 Å². The van der Waals surface area contributed by atoms with Crippen molar-refractivity contribution >= 4 is 28.9 Å². The lowest BCUT2D eigenvalue weighted by atomic mass is 10.1. The van der Waals surface area contributed by atoms with Crippen molar-refractivity contribution in [1.82, 2.24) is 9.88 Å². The molecule has 1 unspecified atom stereocenters. The highest BCUT2D eigenvalue weighted by molar-refractivity contribution is 5.94. The first kappa shape index (κ1) is 18.0. The van der Waals surface area contributed by atoms with Crippen molar-refractivity contribution in [2.75, 3.05) is 24.5 Å². The summed E-state index contributed by atoms with van der Waals surface area (Å²) >= 11 is 0. The lowest BCUT2D eigenvalue weighted by Crippen LogP contribution is -2.49. The topological polar surface area (TPSA) is 93.0 Å². The number of rotatable bonds is 3. The molecule has 1 aromatic carbocycles. The average molecular weight is 401 g/mol. The second-order valence-corrected chi connectivity index (χ2v) is 7.74. The normalized spacial score (nSPS) is 21.0. The van der Waals surface area contributed by atoms with Gasteiger partial charge in [0.1, 0.15) is 17.0 Å². The van der Waals surface area contributed by atoms with E-state index in [-0.39, 0.29) is 23.1 Å². The molecule has 3 heterocycles. The summed E-state index contributed by atoms with van der Waals surface area (Å²) in [6, 6.07) is 1.33. The Morgan fingerprint density at radius 3 is 2.90 bits per heavy atom. The number of nitrogens with zero attached hydrogens (tertiary/aromatic N) is 2. The van der Waals surface area contributed by atoms with E-state index in [0.29, 0.717) is 42.3 Å². The summed E-state index contributed by atoms with van der Waals surface area (Å²) in [5.74, 6) is 0.276. The largest absolute Gasteiger partial charge is 0.511 e. The highest BCUT2D eigenvalue weighted by Gasteiger charge is 2.35. The Morgan fingerprint density at radius 1 is 1.41 bits per heavy atom. The first-order valence-corrected chi connectivity index (χ1v) is 9.62. The molecule has 9 heteroatoms. The van der Waals surface area contributed by atoms with Crippen molar-refractivity contribution in [3.05, 3.63) is 34.1 Å². The van der Waals surface area contributed by atoms with Crippen LogP contribution in [-0.2, 0) is 0 Å². The molecule has 1 saturated heterocycles. The molecule has 152 valence electrons. The maximum Gasteiger partial charge on any atom is 0.511 e. The van der Waals surface area contributed by atoms with Gasteiger partial charge >= 0.3 is 6.16 Å². The first-order chi connectivity index (χ1) is 13.9. The van der Waals surface area contributed by atoms with E-state index in [4.69, 9.17) is 9.84 Å². The van der Waals surface area contributed by atoms with E-state index in [2.05, 4.69) is 10.1 Å². The Hall–Kier alpha value is -3.07. The highest BCUT2D eigenvalue weighted by atomic mass is 19.1. The molecular weight excluding hydrogens is 381 g/mol. The molecule has 3 aliphatic rings. The van der Waals surface area contributed by atoms with Crippen molar-refractivity contribution < 1.29 is 23.8 Å². The van der Waals surface area contributed by atoms with Gasteiger partial charge in [-0.05, 0) is 25.8 Å². The number of aromatic nitrogens is 1. The Bertz CT molecular complexity index is 1120. The monoisotopic (exact) mass is 401 g/mol. The number of hydrogen-bond acceptors (Lipinski definition) is 6. The number of piperazine rings is 1. The summed E-state index contributed by atoms with van der Waals surface area (Å²) < 4.78 is 27.7. The van der Waals surface area contributed by atoms with Crippen LogP contribution < -0.4 is 25.1 Å². The van der Waals surface area contributed by atoms with Crippen molar-refractivity contribution in [1.29, 1.82) is 0 Å². The minimum atomic E-state index is -1.60. The maximum atomic E-state index is 15.3. The number of carboxylic acid groups (broad SMARTS) is 1.